The van der Waals surface area contributed by atoms with E-state index in [0.717, 1.165) is 0 Å². The minimum Gasteiger partial charge on any atom is -0.469 e. The van der Waals surface area contributed by atoms with Crippen LogP contribution < -0.4 is 5.32 Å². The Morgan fingerprint density at radius 1 is 1.27 bits per heavy atom. The average Bonchev–Trinajstić information content (AvgIpc) is 2.18. The van der Waals surface area contributed by atoms with Crippen LogP contribution in [0, 0.1) is 0 Å². The topological polar surface area (TPSA) is 56.8 Å². The molecule has 0 amide bonds. The van der Waals surface area contributed by atoms with E-state index in [1.165, 1.54) is 7.11 Å². The number of rotatable bonds is 8. The van der Waals surface area contributed by atoms with Crippen LogP contribution in [0.15, 0.2) is 0 Å². The van der Waals surface area contributed by atoms with Crippen molar-refractivity contribution >= 4 is 18.4 Å². The van der Waals surface area contributed by atoms with E-state index in [1.807, 2.05) is 0 Å². The molecule has 0 heterocycles. The predicted molar refractivity (Wildman–Crippen MR) is 59.4 cm³/mol. The maximum absolute atomic E-state index is 11.0. The minimum absolute atomic E-state index is 0. The Morgan fingerprint density at radius 2 is 1.93 bits per heavy atom. The van der Waals surface area contributed by atoms with E-state index in [2.05, 4.69) is 10.1 Å². The summed E-state index contributed by atoms with van der Waals surface area (Å²) in [5.41, 5.74) is 0. The highest BCUT2D eigenvalue weighted by Gasteiger charge is 2.12. The van der Waals surface area contributed by atoms with Gasteiger partial charge in [0.05, 0.1) is 26.7 Å². The van der Waals surface area contributed by atoms with Crippen LogP contribution in [0.4, 0.5) is 0 Å². The van der Waals surface area contributed by atoms with E-state index in [-0.39, 0.29) is 24.4 Å². The number of carbonyl (C=O) groups is 1. The molecule has 0 aliphatic rings. The van der Waals surface area contributed by atoms with Gasteiger partial charge in [-0.1, -0.05) is 0 Å². The molecule has 0 aromatic carbocycles. The van der Waals surface area contributed by atoms with Crippen LogP contribution in [0.3, 0.4) is 0 Å². The third-order valence-corrected chi connectivity index (χ3v) is 1.75. The molecular weight excluding hydrogens is 222 g/mol. The Bertz CT molecular complexity index is 157. The lowest BCUT2D eigenvalue weighted by atomic mass is 10.2. The molecule has 0 radical (unpaired) electrons. The fraction of sp³-hybridized carbons (Fsp3) is 0.889. The summed E-state index contributed by atoms with van der Waals surface area (Å²) in [7, 11) is 4.61. The lowest BCUT2D eigenvalue weighted by molar-refractivity contribution is -0.141. The van der Waals surface area contributed by atoms with Crippen LogP contribution >= 0.6 is 12.4 Å². The van der Waals surface area contributed by atoms with E-state index in [9.17, 15) is 4.79 Å². The summed E-state index contributed by atoms with van der Waals surface area (Å²) in [6.45, 7) is 1.79. The first kappa shape index (κ1) is 17.0. The second-order valence-corrected chi connectivity index (χ2v) is 2.88. The number of hydrogen-bond acceptors (Lipinski definition) is 5. The zero-order chi connectivity index (χ0) is 10.8. The number of ether oxygens (including phenoxy) is 3. The van der Waals surface area contributed by atoms with Crippen molar-refractivity contribution in [2.24, 2.45) is 0 Å². The van der Waals surface area contributed by atoms with Crippen molar-refractivity contribution in [3.05, 3.63) is 0 Å². The van der Waals surface area contributed by atoms with Crippen LogP contribution in [0.25, 0.3) is 0 Å². The van der Waals surface area contributed by atoms with Crippen LogP contribution in [-0.2, 0) is 19.0 Å². The first-order valence-corrected chi connectivity index (χ1v) is 4.52. The van der Waals surface area contributed by atoms with Gasteiger partial charge in [-0.25, -0.2) is 0 Å². The largest absolute Gasteiger partial charge is 0.469 e. The summed E-state index contributed by atoms with van der Waals surface area (Å²) >= 11 is 0. The standard InChI is InChI=1S/C9H19NO4.ClH/c1-12-5-4-10-8(7-13-2)6-9(11)14-3;/h8,10H,4-7H2,1-3H3;1H. The van der Waals surface area contributed by atoms with Gasteiger partial charge in [0, 0.05) is 26.8 Å². The molecule has 15 heavy (non-hydrogen) atoms. The minimum atomic E-state index is -0.239. The van der Waals surface area contributed by atoms with Crippen molar-refractivity contribution in [1.29, 1.82) is 0 Å². The molecule has 1 unspecified atom stereocenters. The second-order valence-electron chi connectivity index (χ2n) is 2.88. The van der Waals surface area contributed by atoms with E-state index in [4.69, 9.17) is 9.47 Å². The van der Waals surface area contributed by atoms with Crippen molar-refractivity contribution in [2.75, 3.05) is 41.1 Å². The Balaban J connectivity index is 0. The van der Waals surface area contributed by atoms with Gasteiger partial charge in [0.15, 0.2) is 0 Å². The SMILES string of the molecule is COCCNC(COC)CC(=O)OC.Cl. The summed E-state index contributed by atoms with van der Waals surface area (Å²) in [4.78, 5) is 11.0. The quantitative estimate of drug-likeness (QED) is 0.487. The molecule has 1 atom stereocenters. The third-order valence-electron chi connectivity index (χ3n) is 1.75. The highest BCUT2D eigenvalue weighted by Crippen LogP contribution is 1.94. The number of methoxy groups -OCH3 is 3. The average molecular weight is 242 g/mol. The molecule has 0 spiro atoms. The molecule has 0 saturated heterocycles. The van der Waals surface area contributed by atoms with Gasteiger partial charge in [0.25, 0.3) is 0 Å². The Hall–Kier alpha value is -0.360. The van der Waals surface area contributed by atoms with Crippen molar-refractivity contribution < 1.29 is 19.0 Å². The lowest BCUT2D eigenvalue weighted by Gasteiger charge is -2.16. The Morgan fingerprint density at radius 3 is 2.40 bits per heavy atom. The number of nitrogens with one attached hydrogen (secondary N) is 1. The maximum atomic E-state index is 11.0. The molecular formula is C9H20ClNO4. The summed E-state index contributed by atoms with van der Waals surface area (Å²) in [6.07, 6.45) is 0.314. The van der Waals surface area contributed by atoms with E-state index >= 15 is 0 Å². The molecule has 0 rings (SSSR count). The molecule has 0 fully saturated rings. The molecule has 92 valence electrons. The van der Waals surface area contributed by atoms with Crippen molar-refractivity contribution in [3.8, 4) is 0 Å². The Labute approximate surface area is 96.9 Å². The number of carbonyl (C=O) groups excluding carboxylic acids is 1. The number of esters is 1. The first-order valence-electron chi connectivity index (χ1n) is 4.52. The van der Waals surface area contributed by atoms with Crippen LogP contribution in [0.1, 0.15) is 6.42 Å². The molecule has 0 saturated carbocycles. The predicted octanol–water partition coefficient (Wildman–Crippen LogP) is 0.222. The molecule has 6 heteroatoms. The zero-order valence-electron chi connectivity index (χ0n) is 9.45. The highest BCUT2D eigenvalue weighted by molar-refractivity contribution is 5.85. The summed E-state index contributed by atoms with van der Waals surface area (Å²) < 4.78 is 14.4. The van der Waals surface area contributed by atoms with Gasteiger partial charge in [-0.2, -0.15) is 0 Å². The smallest absolute Gasteiger partial charge is 0.307 e. The maximum Gasteiger partial charge on any atom is 0.307 e. The van der Waals surface area contributed by atoms with E-state index in [0.29, 0.717) is 26.2 Å². The molecule has 0 aromatic heterocycles. The fourth-order valence-electron chi connectivity index (χ4n) is 1.04. The van der Waals surface area contributed by atoms with Crippen molar-refractivity contribution in [3.63, 3.8) is 0 Å². The third kappa shape index (κ3) is 9.93. The zero-order valence-corrected chi connectivity index (χ0v) is 10.3. The lowest BCUT2D eigenvalue weighted by Crippen LogP contribution is -2.37. The van der Waals surface area contributed by atoms with Gasteiger partial charge in [0.2, 0.25) is 0 Å². The van der Waals surface area contributed by atoms with Gasteiger partial charge in [0.1, 0.15) is 0 Å². The fourth-order valence-corrected chi connectivity index (χ4v) is 1.04. The van der Waals surface area contributed by atoms with Crippen molar-refractivity contribution in [2.45, 2.75) is 12.5 Å². The van der Waals surface area contributed by atoms with Gasteiger partial charge < -0.3 is 19.5 Å². The van der Waals surface area contributed by atoms with Gasteiger partial charge in [-0.3, -0.25) is 4.79 Å². The normalized spacial score (nSPS) is 11.7. The first-order chi connectivity index (χ1) is 6.74. The van der Waals surface area contributed by atoms with Crippen LogP contribution in [0.2, 0.25) is 0 Å². The Kier molecular flexibility index (Phi) is 13.3. The van der Waals surface area contributed by atoms with Crippen LogP contribution in [0.5, 0.6) is 0 Å². The molecule has 0 aromatic rings. The molecule has 5 nitrogen and oxygen atoms in total. The van der Waals surface area contributed by atoms with E-state index in [1.54, 1.807) is 14.2 Å². The molecule has 0 aliphatic carbocycles. The number of hydrogen-bond donors (Lipinski definition) is 1. The van der Waals surface area contributed by atoms with Crippen molar-refractivity contribution in [1.82, 2.24) is 5.32 Å². The monoisotopic (exact) mass is 241 g/mol. The summed E-state index contributed by atoms with van der Waals surface area (Å²) in [5.74, 6) is -0.239. The molecule has 0 bridgehead atoms. The van der Waals surface area contributed by atoms with E-state index < -0.39 is 0 Å². The highest BCUT2D eigenvalue weighted by atomic mass is 35.5. The van der Waals surface area contributed by atoms with Crippen LogP contribution in [-0.4, -0.2) is 53.1 Å². The molecule has 0 aliphatic heterocycles. The second kappa shape index (κ2) is 11.7. The molecule has 1 N–H and O–H groups in total. The van der Waals surface area contributed by atoms with Gasteiger partial charge in [-0.05, 0) is 0 Å². The van der Waals surface area contributed by atoms with Gasteiger partial charge in [-0.15, -0.1) is 12.4 Å². The summed E-state index contributed by atoms with van der Waals surface area (Å²) in [5, 5.41) is 3.14. The summed E-state index contributed by atoms with van der Waals surface area (Å²) in [6, 6.07) is -0.0115. The number of halogens is 1. The van der Waals surface area contributed by atoms with Gasteiger partial charge >= 0.3 is 5.97 Å².